The van der Waals surface area contributed by atoms with E-state index in [1.165, 1.54) is 0 Å². The van der Waals surface area contributed by atoms with Crippen LogP contribution in [0.3, 0.4) is 0 Å². The quantitative estimate of drug-likeness (QED) is 0.638. The van der Waals surface area contributed by atoms with Gasteiger partial charge in [0, 0.05) is 56.9 Å². The monoisotopic (exact) mass is 369 g/mol. The fourth-order valence-electron chi connectivity index (χ4n) is 3.00. The normalized spacial score (nSPS) is 18.0. The van der Waals surface area contributed by atoms with Crippen molar-refractivity contribution in [2.75, 3.05) is 32.0 Å². The van der Waals surface area contributed by atoms with E-state index in [1.54, 1.807) is 24.1 Å². The van der Waals surface area contributed by atoms with Gasteiger partial charge in [0.2, 0.25) is 5.88 Å². The summed E-state index contributed by atoms with van der Waals surface area (Å²) in [6.07, 6.45) is 9.04. The lowest BCUT2D eigenvalue weighted by molar-refractivity contribution is 0.193. The third-order valence-corrected chi connectivity index (χ3v) is 4.55. The minimum Gasteiger partial charge on any atom is -0.470 e. The molecule has 27 heavy (non-hydrogen) atoms. The Morgan fingerprint density at radius 3 is 3.07 bits per heavy atom. The maximum Gasteiger partial charge on any atom is 0.237 e. The molecular weight excluding hydrogens is 342 g/mol. The molecule has 0 amide bonds. The molecule has 0 saturated carbocycles. The van der Waals surface area contributed by atoms with Crippen LogP contribution in [-0.2, 0) is 7.05 Å². The number of pyridine rings is 1. The molecule has 2 aromatic heterocycles. The fraction of sp³-hybridized carbons (Fsp3) is 0.421. The summed E-state index contributed by atoms with van der Waals surface area (Å²) in [5.74, 6) is 0.914. The Balaban J connectivity index is 1.54. The van der Waals surface area contributed by atoms with Crippen molar-refractivity contribution in [2.24, 2.45) is 23.7 Å². The molecule has 8 nitrogen and oxygen atoms in total. The van der Waals surface area contributed by atoms with Crippen LogP contribution in [0.2, 0.25) is 0 Å². The lowest BCUT2D eigenvalue weighted by Gasteiger charge is -2.27. The van der Waals surface area contributed by atoms with E-state index in [9.17, 15) is 0 Å². The van der Waals surface area contributed by atoms with E-state index in [-0.39, 0.29) is 12.0 Å². The van der Waals surface area contributed by atoms with Crippen molar-refractivity contribution in [1.29, 1.82) is 0 Å². The predicted molar refractivity (Wildman–Crippen MR) is 108 cm³/mol. The molecule has 3 rings (SSSR count). The van der Waals surface area contributed by atoms with Gasteiger partial charge in [-0.15, -0.1) is 0 Å². The number of aromatic nitrogens is 3. The number of ether oxygens (including phenoxy) is 1. The highest BCUT2D eigenvalue weighted by atomic mass is 16.5. The van der Waals surface area contributed by atoms with E-state index >= 15 is 0 Å². The second-order valence-electron chi connectivity index (χ2n) is 6.71. The molecule has 0 bridgehead atoms. The van der Waals surface area contributed by atoms with Gasteiger partial charge in [0.25, 0.3) is 0 Å². The van der Waals surface area contributed by atoms with Gasteiger partial charge in [0.05, 0.1) is 18.4 Å². The second-order valence-corrected chi connectivity index (χ2v) is 6.71. The molecule has 2 aromatic rings. The summed E-state index contributed by atoms with van der Waals surface area (Å²) in [4.78, 5) is 8.50. The van der Waals surface area contributed by atoms with Crippen LogP contribution in [0.1, 0.15) is 6.92 Å². The first-order chi connectivity index (χ1) is 13.1. The molecule has 8 heteroatoms. The summed E-state index contributed by atoms with van der Waals surface area (Å²) >= 11 is 0. The molecule has 3 heterocycles. The molecular formula is C19H27N7O. The standard InChI is InChI=1S/C19H27N7O/c1-13(15(5-20)7-21-2)6-22-10-17-11-23-18-4-14(8-24-19(18)27-17)16-9-25-26(3)12-16/h4-5,7-9,12-13,17,22-23H,6,10-11,20H2,1-3H3/b15-5+,21-7?. The first-order valence-corrected chi connectivity index (χ1v) is 9.05. The van der Waals surface area contributed by atoms with E-state index in [1.807, 2.05) is 31.7 Å². The minimum absolute atomic E-state index is 0.0200. The zero-order valence-electron chi connectivity index (χ0n) is 16.0. The zero-order valence-corrected chi connectivity index (χ0v) is 16.0. The van der Waals surface area contributed by atoms with Crippen molar-refractivity contribution in [3.05, 3.63) is 36.4 Å². The maximum absolute atomic E-state index is 6.02. The molecule has 0 radical (unpaired) electrons. The summed E-state index contributed by atoms with van der Waals surface area (Å²) in [5, 5.41) is 11.1. The molecule has 0 spiro atoms. The number of hydrogen-bond donors (Lipinski definition) is 3. The van der Waals surface area contributed by atoms with Gasteiger partial charge in [-0.3, -0.25) is 9.67 Å². The van der Waals surface area contributed by atoms with Crippen molar-refractivity contribution in [1.82, 2.24) is 20.1 Å². The summed E-state index contributed by atoms with van der Waals surface area (Å²) in [6.45, 7) is 4.37. The highest BCUT2D eigenvalue weighted by molar-refractivity contribution is 5.78. The number of anilines is 1. The SMILES string of the molecule is CN=C/C(=C\N)C(C)CNCC1CNc2cc(-c3cnn(C)c3)cnc2O1. The number of aryl methyl sites for hydroxylation is 1. The molecule has 4 N–H and O–H groups in total. The Kier molecular flexibility index (Phi) is 6.08. The smallest absolute Gasteiger partial charge is 0.237 e. The maximum atomic E-state index is 6.02. The van der Waals surface area contributed by atoms with E-state index in [0.29, 0.717) is 5.88 Å². The van der Waals surface area contributed by atoms with E-state index in [4.69, 9.17) is 10.5 Å². The summed E-state index contributed by atoms with van der Waals surface area (Å²) in [5.41, 5.74) is 9.63. The number of nitrogens with one attached hydrogen (secondary N) is 2. The highest BCUT2D eigenvalue weighted by Crippen LogP contribution is 2.30. The summed E-state index contributed by atoms with van der Waals surface area (Å²) in [6, 6.07) is 2.05. The molecule has 0 aromatic carbocycles. The topological polar surface area (TPSA) is 102 Å². The van der Waals surface area contributed by atoms with Crippen LogP contribution in [0.4, 0.5) is 5.69 Å². The molecule has 144 valence electrons. The van der Waals surface area contributed by atoms with Crippen LogP contribution in [0, 0.1) is 5.92 Å². The van der Waals surface area contributed by atoms with Gasteiger partial charge >= 0.3 is 0 Å². The van der Waals surface area contributed by atoms with Gasteiger partial charge in [-0.2, -0.15) is 5.10 Å². The number of nitrogens with two attached hydrogens (primary N) is 1. The lowest BCUT2D eigenvalue weighted by Crippen LogP contribution is -2.41. The number of fused-ring (bicyclic) bond motifs is 1. The van der Waals surface area contributed by atoms with Gasteiger partial charge < -0.3 is 21.1 Å². The van der Waals surface area contributed by atoms with Crippen LogP contribution >= 0.6 is 0 Å². The molecule has 0 aliphatic carbocycles. The number of hydrogen-bond acceptors (Lipinski definition) is 7. The van der Waals surface area contributed by atoms with Crippen molar-refractivity contribution < 1.29 is 4.74 Å². The largest absolute Gasteiger partial charge is 0.470 e. The third-order valence-electron chi connectivity index (χ3n) is 4.55. The molecule has 2 atom stereocenters. The first kappa shape index (κ1) is 18.9. The molecule has 1 aliphatic heterocycles. The zero-order chi connectivity index (χ0) is 19.2. The van der Waals surface area contributed by atoms with Gasteiger partial charge in [0.15, 0.2) is 0 Å². The van der Waals surface area contributed by atoms with E-state index in [0.717, 1.165) is 42.0 Å². The van der Waals surface area contributed by atoms with E-state index < -0.39 is 0 Å². The van der Waals surface area contributed by atoms with Crippen LogP contribution < -0.4 is 21.1 Å². The Morgan fingerprint density at radius 1 is 1.52 bits per heavy atom. The van der Waals surface area contributed by atoms with Gasteiger partial charge in [-0.25, -0.2) is 4.98 Å². The van der Waals surface area contributed by atoms with E-state index in [2.05, 4.69) is 32.6 Å². The summed E-state index contributed by atoms with van der Waals surface area (Å²) < 4.78 is 7.80. The average molecular weight is 369 g/mol. The second kappa shape index (κ2) is 8.68. The Morgan fingerprint density at radius 2 is 2.37 bits per heavy atom. The first-order valence-electron chi connectivity index (χ1n) is 9.05. The van der Waals surface area contributed by atoms with Gasteiger partial charge in [-0.05, 0) is 23.8 Å². The van der Waals surface area contributed by atoms with Crippen molar-refractivity contribution in [2.45, 2.75) is 13.0 Å². The average Bonchev–Trinajstić information content (AvgIpc) is 3.12. The van der Waals surface area contributed by atoms with Crippen molar-refractivity contribution >= 4 is 11.9 Å². The van der Waals surface area contributed by atoms with Gasteiger partial charge in [0.1, 0.15) is 6.10 Å². The molecule has 0 fully saturated rings. The Bertz CT molecular complexity index is 827. The van der Waals surface area contributed by atoms with Crippen LogP contribution in [-0.4, -0.2) is 53.8 Å². The molecule has 2 unspecified atom stereocenters. The number of nitrogens with zero attached hydrogens (tertiary/aromatic N) is 4. The van der Waals surface area contributed by atoms with Gasteiger partial charge in [-0.1, -0.05) is 6.92 Å². The fourth-order valence-corrected chi connectivity index (χ4v) is 3.00. The third kappa shape index (κ3) is 4.65. The highest BCUT2D eigenvalue weighted by Gasteiger charge is 2.21. The summed E-state index contributed by atoms with van der Waals surface area (Å²) in [7, 11) is 3.64. The Hall–Kier alpha value is -2.87. The van der Waals surface area contributed by atoms with Crippen LogP contribution in [0.15, 0.2) is 41.4 Å². The molecule has 1 aliphatic rings. The predicted octanol–water partition coefficient (Wildman–Crippen LogP) is 1.42. The van der Waals surface area contributed by atoms with Crippen molar-refractivity contribution in [3.63, 3.8) is 0 Å². The molecule has 0 saturated heterocycles. The van der Waals surface area contributed by atoms with Crippen LogP contribution in [0.25, 0.3) is 11.1 Å². The van der Waals surface area contributed by atoms with Crippen molar-refractivity contribution in [3.8, 4) is 17.0 Å². The number of aliphatic imine (C=N–C) groups is 1. The Labute approximate surface area is 159 Å². The lowest BCUT2D eigenvalue weighted by atomic mass is 10.0. The minimum atomic E-state index is 0.0200. The van der Waals surface area contributed by atoms with Crippen LogP contribution in [0.5, 0.6) is 5.88 Å². The number of rotatable bonds is 7.